The first-order valence-corrected chi connectivity index (χ1v) is 8.79. The van der Waals surface area contributed by atoms with Crippen LogP contribution < -0.4 is 10.2 Å². The SMILES string of the molecule is CC1(NC(=O)C(F)(F)F)CCN(c2nnnn2C2CCC23CCCO3)C1. The quantitative estimate of drug-likeness (QED) is 0.856. The van der Waals surface area contributed by atoms with Gasteiger partial charge < -0.3 is 15.0 Å². The predicted octanol–water partition coefficient (Wildman–Crippen LogP) is 1.20. The van der Waals surface area contributed by atoms with Crippen LogP contribution in [0.2, 0.25) is 0 Å². The van der Waals surface area contributed by atoms with Crippen molar-refractivity contribution in [1.82, 2.24) is 25.5 Å². The van der Waals surface area contributed by atoms with E-state index in [0.717, 1.165) is 32.3 Å². The van der Waals surface area contributed by atoms with Crippen LogP contribution >= 0.6 is 0 Å². The summed E-state index contributed by atoms with van der Waals surface area (Å²) in [5.74, 6) is -1.40. The van der Waals surface area contributed by atoms with Crippen LogP contribution in [0.1, 0.15) is 45.1 Å². The van der Waals surface area contributed by atoms with Crippen LogP contribution in [0.5, 0.6) is 0 Å². The van der Waals surface area contributed by atoms with Crippen molar-refractivity contribution in [1.29, 1.82) is 0 Å². The molecule has 0 aromatic carbocycles. The van der Waals surface area contributed by atoms with Crippen molar-refractivity contribution in [2.45, 2.75) is 62.4 Å². The molecule has 11 heteroatoms. The van der Waals surface area contributed by atoms with E-state index in [0.29, 0.717) is 18.9 Å². The van der Waals surface area contributed by atoms with Crippen molar-refractivity contribution in [3.8, 4) is 0 Å². The van der Waals surface area contributed by atoms with Crippen molar-refractivity contribution in [3.63, 3.8) is 0 Å². The molecular weight excluding hydrogens is 353 g/mol. The van der Waals surface area contributed by atoms with Crippen molar-refractivity contribution in [2.24, 2.45) is 0 Å². The molecule has 1 N–H and O–H groups in total. The van der Waals surface area contributed by atoms with Gasteiger partial charge in [0.15, 0.2) is 0 Å². The summed E-state index contributed by atoms with van der Waals surface area (Å²) in [7, 11) is 0. The highest BCUT2D eigenvalue weighted by Crippen LogP contribution is 2.51. The number of alkyl halides is 3. The number of nitrogens with zero attached hydrogens (tertiary/aromatic N) is 5. The molecule has 3 unspecified atom stereocenters. The molecule has 1 spiro atoms. The van der Waals surface area contributed by atoms with Gasteiger partial charge in [0.1, 0.15) is 0 Å². The monoisotopic (exact) mass is 374 g/mol. The first-order chi connectivity index (χ1) is 12.2. The van der Waals surface area contributed by atoms with E-state index in [-0.39, 0.29) is 18.2 Å². The number of hydrogen-bond acceptors (Lipinski definition) is 6. The Balaban J connectivity index is 1.49. The van der Waals surface area contributed by atoms with E-state index in [9.17, 15) is 18.0 Å². The van der Waals surface area contributed by atoms with Crippen LogP contribution in [0.4, 0.5) is 19.1 Å². The van der Waals surface area contributed by atoms with E-state index < -0.39 is 17.6 Å². The summed E-state index contributed by atoms with van der Waals surface area (Å²) in [5, 5.41) is 14.1. The Morgan fingerprint density at radius 1 is 1.35 bits per heavy atom. The molecule has 3 heterocycles. The Morgan fingerprint density at radius 2 is 2.15 bits per heavy atom. The lowest BCUT2D eigenvalue weighted by Crippen LogP contribution is -2.53. The topological polar surface area (TPSA) is 85.2 Å². The Bertz CT molecular complexity index is 702. The van der Waals surface area contributed by atoms with Gasteiger partial charge in [0, 0.05) is 19.7 Å². The van der Waals surface area contributed by atoms with Gasteiger partial charge in [-0.1, -0.05) is 5.10 Å². The molecule has 3 fully saturated rings. The summed E-state index contributed by atoms with van der Waals surface area (Å²) in [4.78, 5) is 13.1. The molecule has 3 atom stereocenters. The zero-order chi connectivity index (χ0) is 18.6. The third-order valence-corrected chi connectivity index (χ3v) is 5.78. The van der Waals surface area contributed by atoms with E-state index in [2.05, 4.69) is 20.8 Å². The van der Waals surface area contributed by atoms with Crippen molar-refractivity contribution in [2.75, 3.05) is 24.6 Å². The van der Waals surface area contributed by atoms with E-state index in [4.69, 9.17) is 4.74 Å². The zero-order valence-corrected chi connectivity index (χ0v) is 14.4. The Kier molecular flexibility index (Phi) is 3.90. The lowest BCUT2D eigenvalue weighted by atomic mass is 9.73. The van der Waals surface area contributed by atoms with Gasteiger partial charge in [-0.05, 0) is 49.5 Å². The number of anilines is 1. The molecule has 2 aliphatic heterocycles. The molecule has 8 nitrogen and oxygen atoms in total. The fourth-order valence-corrected chi connectivity index (χ4v) is 4.30. The molecular formula is C15H21F3N6O2. The molecule has 144 valence electrons. The molecule has 4 rings (SSSR count). The second-order valence-corrected chi connectivity index (χ2v) is 7.68. The van der Waals surface area contributed by atoms with Crippen LogP contribution in [0.15, 0.2) is 0 Å². The second kappa shape index (κ2) is 5.80. The van der Waals surface area contributed by atoms with E-state index in [1.807, 2.05) is 4.90 Å². The average molecular weight is 374 g/mol. The first-order valence-electron chi connectivity index (χ1n) is 8.79. The van der Waals surface area contributed by atoms with Gasteiger partial charge >= 0.3 is 12.1 Å². The van der Waals surface area contributed by atoms with Crippen LogP contribution in [0, 0.1) is 0 Å². The maximum Gasteiger partial charge on any atom is 0.471 e. The number of nitrogens with one attached hydrogen (secondary N) is 1. The highest BCUT2D eigenvalue weighted by atomic mass is 19.4. The van der Waals surface area contributed by atoms with Crippen molar-refractivity contribution < 1.29 is 22.7 Å². The molecule has 1 amide bonds. The first kappa shape index (κ1) is 17.5. The minimum Gasteiger partial charge on any atom is -0.373 e. The number of carbonyl (C=O) groups excluding carboxylic acids is 1. The molecule has 26 heavy (non-hydrogen) atoms. The third-order valence-electron chi connectivity index (χ3n) is 5.78. The number of aromatic nitrogens is 4. The minimum absolute atomic E-state index is 0.0478. The van der Waals surface area contributed by atoms with Gasteiger partial charge in [-0.25, -0.2) is 4.68 Å². The second-order valence-electron chi connectivity index (χ2n) is 7.68. The van der Waals surface area contributed by atoms with Gasteiger partial charge in [0.25, 0.3) is 0 Å². The van der Waals surface area contributed by atoms with Gasteiger partial charge in [-0.15, -0.1) is 0 Å². The summed E-state index contributed by atoms with van der Waals surface area (Å²) in [6, 6.07) is 0.0478. The van der Waals surface area contributed by atoms with E-state index in [1.165, 1.54) is 0 Å². The molecule has 2 saturated heterocycles. The lowest BCUT2D eigenvalue weighted by Gasteiger charge is -2.46. The van der Waals surface area contributed by atoms with Crippen LogP contribution in [-0.2, 0) is 9.53 Å². The van der Waals surface area contributed by atoms with Gasteiger partial charge in [-0.3, -0.25) is 4.79 Å². The summed E-state index contributed by atoms with van der Waals surface area (Å²) in [5.41, 5.74) is -1.19. The minimum atomic E-state index is -4.89. The third kappa shape index (κ3) is 2.81. The lowest BCUT2D eigenvalue weighted by molar-refractivity contribution is -0.175. The molecule has 0 bridgehead atoms. The highest BCUT2D eigenvalue weighted by Gasteiger charge is 2.53. The summed E-state index contributed by atoms with van der Waals surface area (Å²) >= 11 is 0. The number of halogens is 3. The standard InChI is InChI=1S/C15H21F3N6O2/c1-13(19-11(25)15(16,17)18)6-7-23(9-13)12-20-21-22-24(12)10-3-5-14(10)4-2-8-26-14/h10H,2-9H2,1H3,(H,19,25). The normalized spacial score (nSPS) is 34.3. The van der Waals surface area contributed by atoms with E-state index in [1.54, 1.807) is 11.6 Å². The van der Waals surface area contributed by atoms with Gasteiger partial charge in [0.2, 0.25) is 5.95 Å². The highest BCUT2D eigenvalue weighted by molar-refractivity contribution is 5.82. The number of hydrogen-bond donors (Lipinski definition) is 1. The molecule has 1 aliphatic carbocycles. The summed E-state index contributed by atoms with van der Waals surface area (Å²) in [6.45, 7) is 3.03. The Labute approximate surface area is 148 Å². The van der Waals surface area contributed by atoms with Crippen LogP contribution in [0.25, 0.3) is 0 Å². The number of ether oxygens (including phenoxy) is 1. The summed E-state index contributed by atoms with van der Waals surface area (Å²) < 4.78 is 45.4. The fourth-order valence-electron chi connectivity index (χ4n) is 4.30. The number of amides is 1. The Morgan fingerprint density at radius 3 is 2.77 bits per heavy atom. The maximum absolute atomic E-state index is 12.6. The number of rotatable bonds is 3. The maximum atomic E-state index is 12.6. The van der Waals surface area contributed by atoms with Gasteiger partial charge in [0.05, 0.1) is 17.2 Å². The molecule has 1 aromatic heterocycles. The summed E-state index contributed by atoms with van der Waals surface area (Å²) in [6.07, 6.45) is -0.649. The fraction of sp³-hybridized carbons (Fsp3) is 0.867. The van der Waals surface area contributed by atoms with Crippen molar-refractivity contribution in [3.05, 3.63) is 0 Å². The van der Waals surface area contributed by atoms with Gasteiger partial charge in [-0.2, -0.15) is 13.2 Å². The molecule has 3 aliphatic rings. The predicted molar refractivity (Wildman–Crippen MR) is 83.4 cm³/mol. The average Bonchev–Trinajstić information content (AvgIpc) is 3.25. The molecule has 1 aromatic rings. The largest absolute Gasteiger partial charge is 0.471 e. The Hall–Kier alpha value is -1.91. The number of carbonyl (C=O) groups is 1. The zero-order valence-electron chi connectivity index (χ0n) is 14.4. The smallest absolute Gasteiger partial charge is 0.373 e. The van der Waals surface area contributed by atoms with Crippen LogP contribution in [0.3, 0.4) is 0 Å². The van der Waals surface area contributed by atoms with Crippen molar-refractivity contribution >= 4 is 11.9 Å². The van der Waals surface area contributed by atoms with Crippen LogP contribution in [-0.4, -0.2) is 63.1 Å². The van der Waals surface area contributed by atoms with E-state index >= 15 is 0 Å². The molecule has 0 radical (unpaired) electrons. The molecule has 1 saturated carbocycles. The number of tetrazole rings is 1.